The molecule has 0 amide bonds. The van der Waals surface area contributed by atoms with Gasteiger partial charge in [0, 0.05) is 5.69 Å². The van der Waals surface area contributed by atoms with Crippen LogP contribution in [-0.4, -0.2) is 9.97 Å². The van der Waals surface area contributed by atoms with Crippen LogP contribution in [0.5, 0.6) is 0 Å². The standard InChI is InChI=1S/C15H16ClN3S/c1-8-5-4-6-11(16)13(8)19-15-12(14(17)20)9(2)7-10(3)18-15/h4-7H,1-3H3,(H2,17,20)(H,18,19). The van der Waals surface area contributed by atoms with E-state index in [1.807, 2.05) is 45.0 Å². The molecule has 5 heteroatoms. The Balaban J connectivity index is 2.56. The number of thiocarbonyl (C=S) groups is 1. The summed E-state index contributed by atoms with van der Waals surface area (Å²) >= 11 is 11.4. The fraction of sp³-hybridized carbons (Fsp3) is 0.200. The molecule has 1 heterocycles. The number of nitrogens with one attached hydrogen (secondary N) is 1. The summed E-state index contributed by atoms with van der Waals surface area (Å²) in [6, 6.07) is 7.68. The summed E-state index contributed by atoms with van der Waals surface area (Å²) in [5.74, 6) is 0.645. The Hall–Kier alpha value is -1.65. The smallest absolute Gasteiger partial charge is 0.141 e. The average Bonchev–Trinajstić information content (AvgIpc) is 2.32. The van der Waals surface area contributed by atoms with Gasteiger partial charge in [-0.15, -0.1) is 0 Å². The predicted molar refractivity (Wildman–Crippen MR) is 89.1 cm³/mol. The lowest BCUT2D eigenvalue weighted by molar-refractivity contribution is 1.16. The van der Waals surface area contributed by atoms with E-state index in [2.05, 4.69) is 10.3 Å². The van der Waals surface area contributed by atoms with Crippen LogP contribution in [0.25, 0.3) is 0 Å². The first-order chi connectivity index (χ1) is 9.40. The molecule has 0 atom stereocenters. The van der Waals surface area contributed by atoms with E-state index in [1.165, 1.54) is 0 Å². The van der Waals surface area contributed by atoms with E-state index in [-0.39, 0.29) is 0 Å². The molecule has 3 N–H and O–H groups in total. The molecule has 2 aromatic rings. The number of rotatable bonds is 3. The normalized spacial score (nSPS) is 10.4. The van der Waals surface area contributed by atoms with Gasteiger partial charge < -0.3 is 11.1 Å². The number of para-hydroxylation sites is 1. The molecule has 0 aliphatic rings. The van der Waals surface area contributed by atoms with Crippen molar-refractivity contribution in [2.75, 3.05) is 5.32 Å². The summed E-state index contributed by atoms with van der Waals surface area (Å²) in [6.45, 7) is 5.88. The zero-order chi connectivity index (χ0) is 14.9. The number of nitrogens with two attached hydrogens (primary N) is 1. The molecule has 0 aliphatic carbocycles. The molecule has 2 rings (SSSR count). The Bertz CT molecular complexity index is 663. The summed E-state index contributed by atoms with van der Waals surface area (Å²) in [7, 11) is 0. The van der Waals surface area contributed by atoms with Crippen molar-refractivity contribution in [1.82, 2.24) is 4.98 Å². The van der Waals surface area contributed by atoms with Gasteiger partial charge in [0.15, 0.2) is 0 Å². The summed E-state index contributed by atoms with van der Waals surface area (Å²) in [4.78, 5) is 4.82. The molecule has 1 aromatic carbocycles. The number of nitrogens with zero attached hydrogens (tertiary/aromatic N) is 1. The molecule has 0 unspecified atom stereocenters. The maximum Gasteiger partial charge on any atom is 0.141 e. The third-order valence-electron chi connectivity index (χ3n) is 3.06. The van der Waals surface area contributed by atoms with Crippen LogP contribution in [0.4, 0.5) is 11.5 Å². The summed E-state index contributed by atoms with van der Waals surface area (Å²) in [5.41, 5.74) is 10.3. The summed E-state index contributed by atoms with van der Waals surface area (Å²) in [5, 5.41) is 3.90. The first kappa shape index (κ1) is 14.8. The van der Waals surface area contributed by atoms with Crippen molar-refractivity contribution in [2.45, 2.75) is 20.8 Å². The first-order valence-electron chi connectivity index (χ1n) is 6.20. The quantitative estimate of drug-likeness (QED) is 0.840. The molecule has 3 nitrogen and oxygen atoms in total. The molecular weight excluding hydrogens is 290 g/mol. The highest BCUT2D eigenvalue weighted by atomic mass is 35.5. The molecule has 0 radical (unpaired) electrons. The third kappa shape index (κ3) is 2.92. The molecule has 1 aromatic heterocycles. The number of hydrogen-bond donors (Lipinski definition) is 2. The van der Waals surface area contributed by atoms with Crippen LogP contribution in [0.2, 0.25) is 5.02 Å². The highest BCUT2D eigenvalue weighted by molar-refractivity contribution is 7.80. The summed E-state index contributed by atoms with van der Waals surface area (Å²) in [6.07, 6.45) is 0. The molecule has 0 bridgehead atoms. The van der Waals surface area contributed by atoms with Crippen molar-refractivity contribution in [1.29, 1.82) is 0 Å². The van der Waals surface area contributed by atoms with Crippen molar-refractivity contribution in [2.24, 2.45) is 5.73 Å². The van der Waals surface area contributed by atoms with Crippen molar-refractivity contribution in [3.8, 4) is 0 Å². The zero-order valence-electron chi connectivity index (χ0n) is 11.6. The van der Waals surface area contributed by atoms with Crippen LogP contribution < -0.4 is 11.1 Å². The van der Waals surface area contributed by atoms with E-state index >= 15 is 0 Å². The van der Waals surface area contributed by atoms with Crippen molar-refractivity contribution >= 4 is 40.3 Å². The van der Waals surface area contributed by atoms with Crippen LogP contribution in [0.3, 0.4) is 0 Å². The van der Waals surface area contributed by atoms with Crippen LogP contribution in [0.15, 0.2) is 24.3 Å². The van der Waals surface area contributed by atoms with Gasteiger partial charge in [-0.05, 0) is 44.0 Å². The van der Waals surface area contributed by atoms with Gasteiger partial charge in [-0.2, -0.15) is 0 Å². The van der Waals surface area contributed by atoms with Crippen LogP contribution in [0, 0.1) is 20.8 Å². The predicted octanol–water partition coefficient (Wildman–Crippen LogP) is 4.04. The number of aromatic nitrogens is 1. The van der Waals surface area contributed by atoms with Crippen LogP contribution in [0.1, 0.15) is 22.4 Å². The Labute approximate surface area is 129 Å². The molecule has 0 saturated carbocycles. The largest absolute Gasteiger partial charge is 0.389 e. The Morgan fingerprint density at radius 3 is 2.55 bits per heavy atom. The monoisotopic (exact) mass is 305 g/mol. The van der Waals surface area contributed by atoms with E-state index in [4.69, 9.17) is 29.6 Å². The van der Waals surface area contributed by atoms with Crippen LogP contribution in [-0.2, 0) is 0 Å². The highest BCUT2D eigenvalue weighted by Crippen LogP contribution is 2.30. The molecule has 0 spiro atoms. The van der Waals surface area contributed by atoms with Gasteiger partial charge in [-0.25, -0.2) is 4.98 Å². The molecule has 0 aliphatic heterocycles. The second-order valence-electron chi connectivity index (χ2n) is 4.73. The third-order valence-corrected chi connectivity index (χ3v) is 3.58. The first-order valence-corrected chi connectivity index (χ1v) is 6.99. The minimum Gasteiger partial charge on any atom is -0.389 e. The number of benzene rings is 1. The molecule has 104 valence electrons. The van der Waals surface area contributed by atoms with E-state index < -0.39 is 0 Å². The van der Waals surface area contributed by atoms with E-state index in [0.29, 0.717) is 15.8 Å². The molecule has 0 fully saturated rings. The number of pyridine rings is 1. The zero-order valence-corrected chi connectivity index (χ0v) is 13.2. The number of aryl methyl sites for hydroxylation is 3. The number of halogens is 1. The second kappa shape index (κ2) is 5.77. The summed E-state index contributed by atoms with van der Waals surface area (Å²) < 4.78 is 0. The topological polar surface area (TPSA) is 50.9 Å². The Kier molecular flexibility index (Phi) is 4.26. The maximum atomic E-state index is 6.24. The van der Waals surface area contributed by atoms with Gasteiger partial charge in [-0.1, -0.05) is 36.0 Å². The Morgan fingerprint density at radius 2 is 1.95 bits per heavy atom. The fourth-order valence-electron chi connectivity index (χ4n) is 2.15. The van der Waals surface area contributed by atoms with Gasteiger partial charge in [0.05, 0.1) is 16.3 Å². The number of hydrogen-bond acceptors (Lipinski definition) is 3. The number of anilines is 2. The van der Waals surface area contributed by atoms with Gasteiger partial charge in [0.2, 0.25) is 0 Å². The fourth-order valence-corrected chi connectivity index (χ4v) is 2.67. The maximum absolute atomic E-state index is 6.24. The van der Waals surface area contributed by atoms with E-state index in [0.717, 1.165) is 28.1 Å². The Morgan fingerprint density at radius 1 is 1.25 bits per heavy atom. The lowest BCUT2D eigenvalue weighted by Gasteiger charge is -2.16. The van der Waals surface area contributed by atoms with Gasteiger partial charge >= 0.3 is 0 Å². The van der Waals surface area contributed by atoms with E-state index in [9.17, 15) is 0 Å². The van der Waals surface area contributed by atoms with Crippen molar-refractivity contribution in [3.05, 3.63) is 51.7 Å². The van der Waals surface area contributed by atoms with Gasteiger partial charge in [0.25, 0.3) is 0 Å². The minimum atomic E-state index is 0.321. The highest BCUT2D eigenvalue weighted by Gasteiger charge is 2.13. The SMILES string of the molecule is Cc1cc(C)c(C(N)=S)c(Nc2c(C)cccc2Cl)n1. The second-order valence-corrected chi connectivity index (χ2v) is 5.57. The lowest BCUT2D eigenvalue weighted by atomic mass is 10.1. The van der Waals surface area contributed by atoms with E-state index in [1.54, 1.807) is 0 Å². The van der Waals surface area contributed by atoms with Crippen LogP contribution >= 0.6 is 23.8 Å². The van der Waals surface area contributed by atoms with Gasteiger partial charge in [0.1, 0.15) is 10.8 Å². The van der Waals surface area contributed by atoms with Gasteiger partial charge in [-0.3, -0.25) is 0 Å². The lowest BCUT2D eigenvalue weighted by Crippen LogP contribution is -2.15. The molecule has 0 saturated heterocycles. The van der Waals surface area contributed by atoms with Crippen molar-refractivity contribution in [3.63, 3.8) is 0 Å². The average molecular weight is 306 g/mol. The van der Waals surface area contributed by atoms with Crippen molar-refractivity contribution < 1.29 is 0 Å². The minimum absolute atomic E-state index is 0.321. The molecule has 20 heavy (non-hydrogen) atoms. The molecular formula is C15H16ClN3S.